The van der Waals surface area contributed by atoms with Crippen LogP contribution in [-0.4, -0.2) is 43.0 Å². The Kier molecular flexibility index (Phi) is 9.17. The largest absolute Gasteiger partial charge is 0.353 e. The average molecular weight is 422 g/mol. The van der Waals surface area contributed by atoms with E-state index in [1.54, 1.807) is 6.92 Å². The normalized spacial score (nSPS) is 12.2. The van der Waals surface area contributed by atoms with Crippen LogP contribution < -0.4 is 10.6 Å². The summed E-state index contributed by atoms with van der Waals surface area (Å²) in [6, 6.07) is 0.217. The first-order chi connectivity index (χ1) is 13.8. The van der Waals surface area contributed by atoms with Crippen molar-refractivity contribution in [2.45, 2.75) is 78.8 Å². The van der Waals surface area contributed by atoms with Gasteiger partial charge in [0.05, 0.1) is 5.69 Å². The first-order valence-corrected chi connectivity index (χ1v) is 10.9. The second-order valence-electron chi connectivity index (χ2n) is 7.55. The van der Waals surface area contributed by atoms with Crippen molar-refractivity contribution in [1.29, 1.82) is 0 Å². The molecule has 0 radical (unpaired) electrons. The van der Waals surface area contributed by atoms with E-state index in [1.807, 2.05) is 17.8 Å². The van der Waals surface area contributed by atoms with Crippen LogP contribution in [0.25, 0.3) is 0 Å². The lowest BCUT2D eigenvalue weighted by molar-refractivity contribution is -0.120. The number of anilines is 1. The smallest absolute Gasteiger partial charge is 0.226 e. The maximum Gasteiger partial charge on any atom is 0.226 e. The van der Waals surface area contributed by atoms with Crippen LogP contribution in [0.5, 0.6) is 0 Å². The van der Waals surface area contributed by atoms with Gasteiger partial charge < -0.3 is 10.6 Å². The molecule has 2 amide bonds. The van der Waals surface area contributed by atoms with Gasteiger partial charge in [0, 0.05) is 32.1 Å². The summed E-state index contributed by atoms with van der Waals surface area (Å²) >= 11 is 1.36. The van der Waals surface area contributed by atoms with Gasteiger partial charge in [-0.2, -0.15) is 0 Å². The highest BCUT2D eigenvalue weighted by Gasteiger charge is 2.13. The number of aromatic nitrogens is 5. The fourth-order valence-corrected chi connectivity index (χ4v) is 3.60. The van der Waals surface area contributed by atoms with E-state index in [4.69, 9.17) is 0 Å². The lowest BCUT2D eigenvalue weighted by Gasteiger charge is -2.21. The van der Waals surface area contributed by atoms with Crippen LogP contribution >= 0.6 is 11.3 Å². The number of rotatable bonds is 12. The highest BCUT2D eigenvalue weighted by atomic mass is 32.1. The van der Waals surface area contributed by atoms with Gasteiger partial charge in [-0.1, -0.05) is 30.4 Å². The molecule has 0 unspecified atom stereocenters. The molecule has 9 nitrogen and oxygen atoms in total. The number of unbranched alkanes of at least 4 members (excludes halogenated alkanes) is 1. The summed E-state index contributed by atoms with van der Waals surface area (Å²) in [6.45, 7) is 8.46. The van der Waals surface area contributed by atoms with Crippen LogP contribution in [-0.2, 0) is 22.6 Å². The number of hydrogen-bond donors (Lipinski definition) is 2. The monoisotopic (exact) mass is 421 g/mol. The lowest BCUT2D eigenvalue weighted by Crippen LogP contribution is -2.37. The topological polar surface area (TPSA) is 115 Å². The Bertz CT molecular complexity index is 787. The summed E-state index contributed by atoms with van der Waals surface area (Å²) in [5.74, 6) is 0.383. The maximum atomic E-state index is 11.9. The zero-order chi connectivity index (χ0) is 21.2. The van der Waals surface area contributed by atoms with E-state index in [0.717, 1.165) is 36.5 Å². The van der Waals surface area contributed by atoms with Gasteiger partial charge in [0.25, 0.3) is 0 Å². The molecule has 10 heteroatoms. The molecule has 0 spiro atoms. The fraction of sp³-hybridized carbons (Fsp3) is 0.684. The Hall–Kier alpha value is -2.36. The summed E-state index contributed by atoms with van der Waals surface area (Å²) < 4.78 is 1.85. The molecule has 29 heavy (non-hydrogen) atoms. The van der Waals surface area contributed by atoms with Crippen LogP contribution in [0.4, 0.5) is 5.13 Å². The molecule has 0 fully saturated rings. The molecule has 2 aromatic rings. The molecular weight excluding hydrogens is 390 g/mol. The first kappa shape index (κ1) is 22.9. The maximum absolute atomic E-state index is 11.9. The van der Waals surface area contributed by atoms with Gasteiger partial charge in [-0.25, -0.2) is 0 Å². The molecule has 0 saturated carbocycles. The summed E-state index contributed by atoms with van der Waals surface area (Å²) in [4.78, 5) is 23.2. The van der Waals surface area contributed by atoms with Crippen LogP contribution in [0.1, 0.15) is 63.6 Å². The van der Waals surface area contributed by atoms with E-state index in [2.05, 4.69) is 45.0 Å². The van der Waals surface area contributed by atoms with Crippen LogP contribution in [0.2, 0.25) is 0 Å². The zero-order valence-corrected chi connectivity index (χ0v) is 18.5. The van der Waals surface area contributed by atoms with Gasteiger partial charge in [0.15, 0.2) is 0 Å². The minimum Gasteiger partial charge on any atom is -0.353 e. The van der Waals surface area contributed by atoms with E-state index >= 15 is 0 Å². The van der Waals surface area contributed by atoms with Gasteiger partial charge >= 0.3 is 0 Å². The van der Waals surface area contributed by atoms with Crippen LogP contribution in [0.15, 0.2) is 6.20 Å². The molecule has 2 aromatic heterocycles. The second-order valence-corrected chi connectivity index (χ2v) is 8.73. The lowest BCUT2D eigenvalue weighted by atomic mass is 9.98. The number of carbonyl (C=O) groups is 2. The molecular formula is C19H31N7O2S. The third kappa shape index (κ3) is 8.68. The molecule has 2 rings (SSSR count). The van der Waals surface area contributed by atoms with Crippen molar-refractivity contribution in [2.24, 2.45) is 5.92 Å². The van der Waals surface area contributed by atoms with E-state index in [-0.39, 0.29) is 17.9 Å². The molecule has 2 N–H and O–H groups in total. The molecule has 0 aromatic carbocycles. The Balaban J connectivity index is 1.63. The average Bonchev–Trinajstić information content (AvgIpc) is 3.26. The van der Waals surface area contributed by atoms with Crippen molar-refractivity contribution in [3.8, 4) is 0 Å². The Morgan fingerprint density at radius 2 is 1.97 bits per heavy atom. The van der Waals surface area contributed by atoms with Crippen molar-refractivity contribution < 1.29 is 9.59 Å². The van der Waals surface area contributed by atoms with Crippen molar-refractivity contribution in [3.63, 3.8) is 0 Å². The Morgan fingerprint density at radius 1 is 1.17 bits per heavy atom. The molecule has 160 valence electrons. The first-order valence-electron chi connectivity index (χ1n) is 10.1. The number of amides is 2. The van der Waals surface area contributed by atoms with E-state index < -0.39 is 0 Å². The third-order valence-corrected chi connectivity index (χ3v) is 5.30. The van der Waals surface area contributed by atoms with Crippen molar-refractivity contribution in [1.82, 2.24) is 30.5 Å². The van der Waals surface area contributed by atoms with Crippen molar-refractivity contribution in [3.05, 3.63) is 16.9 Å². The number of carbonyl (C=O) groups excluding carboxylic acids is 2. The summed E-state index contributed by atoms with van der Waals surface area (Å²) in [5, 5.41) is 23.2. The summed E-state index contributed by atoms with van der Waals surface area (Å²) in [5.41, 5.74) is 0.892. The Labute approximate surface area is 175 Å². The number of nitrogens with zero attached hydrogens (tertiary/aromatic N) is 5. The Morgan fingerprint density at radius 3 is 2.62 bits per heavy atom. The van der Waals surface area contributed by atoms with Gasteiger partial charge in [0.1, 0.15) is 5.01 Å². The number of aryl methyl sites for hydroxylation is 3. The molecule has 0 aliphatic heterocycles. The minimum absolute atomic E-state index is 0.0248. The predicted octanol–water partition coefficient (Wildman–Crippen LogP) is 2.73. The summed E-state index contributed by atoms with van der Waals surface area (Å²) in [7, 11) is 0. The van der Waals surface area contributed by atoms with E-state index in [0.29, 0.717) is 30.3 Å². The minimum atomic E-state index is -0.0626. The summed E-state index contributed by atoms with van der Waals surface area (Å²) in [6.07, 6.45) is 6.72. The van der Waals surface area contributed by atoms with Crippen molar-refractivity contribution in [2.75, 3.05) is 5.32 Å². The van der Waals surface area contributed by atoms with Gasteiger partial charge in [0.2, 0.25) is 16.9 Å². The van der Waals surface area contributed by atoms with E-state index in [1.165, 1.54) is 11.3 Å². The molecule has 0 aliphatic rings. The molecule has 0 bridgehead atoms. The van der Waals surface area contributed by atoms with Crippen LogP contribution in [0.3, 0.4) is 0 Å². The zero-order valence-electron chi connectivity index (χ0n) is 17.6. The van der Waals surface area contributed by atoms with Gasteiger partial charge in [-0.3, -0.25) is 14.3 Å². The molecule has 1 atom stereocenters. The quantitative estimate of drug-likeness (QED) is 0.509. The second kappa shape index (κ2) is 11.6. The molecule has 2 heterocycles. The highest BCUT2D eigenvalue weighted by molar-refractivity contribution is 7.15. The van der Waals surface area contributed by atoms with Gasteiger partial charge in [-0.15, -0.1) is 15.3 Å². The molecule has 0 aliphatic carbocycles. The van der Waals surface area contributed by atoms with Crippen LogP contribution in [0, 0.1) is 12.8 Å². The number of hydrogen-bond acceptors (Lipinski definition) is 7. The SMILES string of the molecule is CC(=O)N[C@@H](CCCCn1cc(CCCC(=O)Nc2nnc(C)s2)nn1)C(C)C. The standard InChI is InChI=1S/C19H31N7O2S/c1-13(2)17(20-14(3)27)9-5-6-11-26-12-16(23-25-26)8-7-10-18(28)21-19-24-22-15(4)29-19/h12-13,17H,5-11H2,1-4H3,(H,20,27)(H,21,24,28)/t17-/m0/s1. The molecule has 0 saturated heterocycles. The van der Waals surface area contributed by atoms with Gasteiger partial charge in [-0.05, 0) is 44.9 Å². The third-order valence-electron chi connectivity index (χ3n) is 4.54. The van der Waals surface area contributed by atoms with Crippen molar-refractivity contribution >= 4 is 28.3 Å². The predicted molar refractivity (Wildman–Crippen MR) is 113 cm³/mol. The highest BCUT2D eigenvalue weighted by Crippen LogP contribution is 2.14. The number of nitrogens with one attached hydrogen (secondary N) is 2. The fourth-order valence-electron chi connectivity index (χ4n) is 2.99. The van der Waals surface area contributed by atoms with E-state index in [9.17, 15) is 9.59 Å².